The normalized spacial score (nSPS) is 13.7. The van der Waals surface area contributed by atoms with E-state index in [0.29, 0.717) is 12.1 Å². The van der Waals surface area contributed by atoms with Crippen LogP contribution in [-0.4, -0.2) is 29.3 Å². The van der Waals surface area contributed by atoms with Crippen LogP contribution in [0.4, 0.5) is 10.5 Å². The molecule has 2 amide bonds. The van der Waals surface area contributed by atoms with Gasteiger partial charge in [-0.2, -0.15) is 0 Å². The molecule has 0 radical (unpaired) electrons. The third kappa shape index (κ3) is 4.65. The number of aryl methyl sites for hydroxylation is 1. The number of nitrogens with one attached hydrogen (secondary N) is 2. The van der Waals surface area contributed by atoms with Crippen LogP contribution in [-0.2, 0) is 11.2 Å². The molecule has 1 aromatic rings. The summed E-state index contributed by atoms with van der Waals surface area (Å²) in [5, 5.41) is 14.3. The number of rotatable bonds is 5. The predicted molar refractivity (Wildman–Crippen MR) is 83.4 cm³/mol. The molecule has 120 valence electrons. The van der Waals surface area contributed by atoms with Crippen molar-refractivity contribution in [3.63, 3.8) is 0 Å². The Morgan fingerprint density at radius 2 is 2.14 bits per heavy atom. The first kappa shape index (κ1) is 16.1. The molecule has 0 bridgehead atoms. The molecule has 1 aromatic carbocycles. The summed E-state index contributed by atoms with van der Waals surface area (Å²) in [6.07, 6.45) is 2.30. The molecule has 0 spiro atoms. The van der Waals surface area contributed by atoms with Crippen molar-refractivity contribution in [1.82, 2.24) is 5.32 Å². The fraction of sp³-hybridized carbons (Fsp3) is 0.500. The number of aliphatic carboxylic acids is 1. The van der Waals surface area contributed by atoms with Gasteiger partial charge in [-0.05, 0) is 56.9 Å². The number of hydrogen-bond acceptors (Lipinski definition) is 3. The second kappa shape index (κ2) is 6.68. The highest BCUT2D eigenvalue weighted by Gasteiger charge is 2.21. The minimum Gasteiger partial charge on any atom is -0.493 e. The Balaban J connectivity index is 1.92. The van der Waals surface area contributed by atoms with Gasteiger partial charge in [-0.3, -0.25) is 4.79 Å². The first-order chi connectivity index (χ1) is 10.4. The van der Waals surface area contributed by atoms with Crippen molar-refractivity contribution in [1.29, 1.82) is 0 Å². The maximum Gasteiger partial charge on any atom is 0.319 e. The summed E-state index contributed by atoms with van der Waals surface area (Å²) in [7, 11) is 0. The van der Waals surface area contributed by atoms with Crippen LogP contribution < -0.4 is 15.4 Å². The maximum atomic E-state index is 12.0. The van der Waals surface area contributed by atoms with Gasteiger partial charge in [0, 0.05) is 17.6 Å². The van der Waals surface area contributed by atoms with Gasteiger partial charge in [0.05, 0.1) is 6.61 Å². The average Bonchev–Trinajstić information content (AvgIpc) is 2.44. The van der Waals surface area contributed by atoms with Crippen LogP contribution in [0.15, 0.2) is 18.2 Å². The van der Waals surface area contributed by atoms with Crippen LogP contribution >= 0.6 is 0 Å². The molecule has 6 heteroatoms. The van der Waals surface area contributed by atoms with Crippen LogP contribution in [0.5, 0.6) is 5.75 Å². The molecule has 2 rings (SSSR count). The van der Waals surface area contributed by atoms with Crippen LogP contribution in [0.1, 0.15) is 38.7 Å². The molecule has 22 heavy (non-hydrogen) atoms. The largest absolute Gasteiger partial charge is 0.493 e. The number of ether oxygens (including phenoxy) is 1. The van der Waals surface area contributed by atoms with Gasteiger partial charge in [-0.1, -0.05) is 0 Å². The topological polar surface area (TPSA) is 87.7 Å². The van der Waals surface area contributed by atoms with Gasteiger partial charge in [0.15, 0.2) is 0 Å². The molecule has 1 aliphatic heterocycles. The van der Waals surface area contributed by atoms with Crippen molar-refractivity contribution < 1.29 is 19.4 Å². The molecule has 0 aliphatic carbocycles. The maximum absolute atomic E-state index is 12.0. The molecule has 6 nitrogen and oxygen atoms in total. The van der Waals surface area contributed by atoms with Gasteiger partial charge in [0.1, 0.15) is 5.75 Å². The summed E-state index contributed by atoms with van der Waals surface area (Å²) in [5.74, 6) is 0.00367. The molecule has 0 unspecified atom stereocenters. The van der Waals surface area contributed by atoms with Gasteiger partial charge in [-0.15, -0.1) is 0 Å². The van der Waals surface area contributed by atoms with Crippen molar-refractivity contribution in [2.75, 3.05) is 11.9 Å². The Morgan fingerprint density at radius 1 is 1.36 bits per heavy atom. The van der Waals surface area contributed by atoms with Crippen molar-refractivity contribution in [3.8, 4) is 5.75 Å². The van der Waals surface area contributed by atoms with E-state index >= 15 is 0 Å². The van der Waals surface area contributed by atoms with Gasteiger partial charge in [0.25, 0.3) is 0 Å². The Bertz CT molecular complexity index is 569. The fourth-order valence-electron chi connectivity index (χ4n) is 2.39. The molecule has 0 atom stereocenters. The van der Waals surface area contributed by atoms with E-state index in [1.54, 1.807) is 19.9 Å². The van der Waals surface area contributed by atoms with E-state index in [1.165, 1.54) is 0 Å². The SMILES string of the molecule is CC(C)(CCC(=O)O)NC(=O)Nc1ccc2c(c1)CCCO2. The number of benzene rings is 1. The number of carbonyl (C=O) groups excluding carboxylic acids is 1. The number of carboxylic acid groups (broad SMARTS) is 1. The Morgan fingerprint density at radius 3 is 2.86 bits per heavy atom. The van der Waals surface area contributed by atoms with Gasteiger partial charge in [0.2, 0.25) is 0 Å². The molecule has 1 aliphatic rings. The fourth-order valence-corrected chi connectivity index (χ4v) is 2.39. The van der Waals surface area contributed by atoms with Crippen molar-refractivity contribution in [2.24, 2.45) is 0 Å². The monoisotopic (exact) mass is 306 g/mol. The van der Waals surface area contributed by atoms with Crippen molar-refractivity contribution in [2.45, 2.75) is 45.1 Å². The number of carbonyl (C=O) groups is 2. The van der Waals surface area contributed by atoms with Crippen LogP contribution in [0.3, 0.4) is 0 Å². The summed E-state index contributed by atoms with van der Waals surface area (Å²) in [6.45, 7) is 4.34. The quantitative estimate of drug-likeness (QED) is 0.780. The lowest BCUT2D eigenvalue weighted by atomic mass is 9.99. The third-order valence-electron chi connectivity index (χ3n) is 3.58. The molecule has 3 N–H and O–H groups in total. The number of fused-ring (bicyclic) bond motifs is 1. The average molecular weight is 306 g/mol. The number of urea groups is 1. The highest BCUT2D eigenvalue weighted by Crippen LogP contribution is 2.27. The van der Waals surface area contributed by atoms with Gasteiger partial charge in [-0.25, -0.2) is 4.79 Å². The lowest BCUT2D eigenvalue weighted by Crippen LogP contribution is -2.45. The van der Waals surface area contributed by atoms with Gasteiger partial charge < -0.3 is 20.5 Å². The van der Waals surface area contributed by atoms with Crippen molar-refractivity contribution >= 4 is 17.7 Å². The first-order valence-corrected chi connectivity index (χ1v) is 7.42. The minimum absolute atomic E-state index is 0.0173. The zero-order valence-corrected chi connectivity index (χ0v) is 12.9. The molecule has 0 saturated carbocycles. The first-order valence-electron chi connectivity index (χ1n) is 7.42. The molecule has 1 heterocycles. The molecule has 0 fully saturated rings. The zero-order valence-electron chi connectivity index (χ0n) is 12.9. The van der Waals surface area contributed by atoms with Crippen molar-refractivity contribution in [3.05, 3.63) is 23.8 Å². The Kier molecular flexibility index (Phi) is 4.90. The highest BCUT2D eigenvalue weighted by atomic mass is 16.5. The molecular formula is C16H22N2O4. The minimum atomic E-state index is -0.870. The number of hydrogen-bond donors (Lipinski definition) is 3. The smallest absolute Gasteiger partial charge is 0.319 e. The number of carboxylic acids is 1. The lowest BCUT2D eigenvalue weighted by molar-refractivity contribution is -0.137. The summed E-state index contributed by atoms with van der Waals surface area (Å²) < 4.78 is 5.53. The lowest BCUT2D eigenvalue weighted by Gasteiger charge is -2.26. The second-order valence-electron chi connectivity index (χ2n) is 6.13. The summed E-state index contributed by atoms with van der Waals surface area (Å²) in [5.41, 5.74) is 1.21. The van der Waals surface area contributed by atoms with E-state index in [-0.39, 0.29) is 12.5 Å². The summed E-state index contributed by atoms with van der Waals surface area (Å²) in [6, 6.07) is 5.23. The molecule has 0 aromatic heterocycles. The predicted octanol–water partition coefficient (Wildman–Crippen LogP) is 2.78. The van der Waals surface area contributed by atoms with E-state index in [2.05, 4.69) is 10.6 Å². The highest BCUT2D eigenvalue weighted by molar-refractivity contribution is 5.90. The molecular weight excluding hydrogens is 284 g/mol. The van der Waals surface area contributed by atoms with E-state index in [4.69, 9.17) is 9.84 Å². The summed E-state index contributed by atoms with van der Waals surface area (Å²) >= 11 is 0. The number of anilines is 1. The number of amides is 2. The Hall–Kier alpha value is -2.24. The van der Waals surface area contributed by atoms with E-state index < -0.39 is 11.5 Å². The molecule has 0 saturated heterocycles. The third-order valence-corrected chi connectivity index (χ3v) is 3.58. The van der Waals surface area contributed by atoms with Gasteiger partial charge >= 0.3 is 12.0 Å². The van der Waals surface area contributed by atoms with E-state index in [1.807, 2.05) is 12.1 Å². The zero-order chi connectivity index (χ0) is 16.2. The van der Waals surface area contributed by atoms with Crippen LogP contribution in [0.2, 0.25) is 0 Å². The van der Waals surface area contributed by atoms with E-state index in [9.17, 15) is 9.59 Å². The second-order valence-corrected chi connectivity index (χ2v) is 6.13. The Labute approximate surface area is 129 Å². The summed E-state index contributed by atoms with van der Waals surface area (Å²) in [4.78, 5) is 22.7. The van der Waals surface area contributed by atoms with Crippen LogP contribution in [0.25, 0.3) is 0 Å². The van der Waals surface area contributed by atoms with E-state index in [0.717, 1.165) is 30.8 Å². The standard InChI is InChI=1S/C16H22N2O4/c1-16(2,8-7-14(19)20)18-15(21)17-12-5-6-13-11(10-12)4-3-9-22-13/h5-6,10H,3-4,7-9H2,1-2H3,(H,19,20)(H2,17,18,21). The van der Waals surface area contributed by atoms with Crippen LogP contribution in [0, 0.1) is 0 Å².